The van der Waals surface area contributed by atoms with Gasteiger partial charge in [0.05, 0.1) is 0 Å². The first-order valence-electron chi connectivity index (χ1n) is 5.92. The summed E-state index contributed by atoms with van der Waals surface area (Å²) in [5.41, 5.74) is 1.51. The summed E-state index contributed by atoms with van der Waals surface area (Å²) in [4.78, 5) is 21.8. The van der Waals surface area contributed by atoms with E-state index in [0.29, 0.717) is 6.42 Å². The average molecular weight is 247 g/mol. The van der Waals surface area contributed by atoms with E-state index >= 15 is 0 Å². The number of carboxylic acids is 1. The van der Waals surface area contributed by atoms with Crippen LogP contribution in [-0.4, -0.2) is 17.0 Å². The van der Waals surface area contributed by atoms with Crippen LogP contribution in [0.2, 0.25) is 0 Å². The molecule has 0 radical (unpaired) electrons. The molecule has 96 valence electrons. The van der Waals surface area contributed by atoms with Gasteiger partial charge in [-0.1, -0.05) is 25.5 Å². The van der Waals surface area contributed by atoms with Crippen molar-refractivity contribution in [2.45, 2.75) is 26.2 Å². The number of nitrogens with one attached hydrogen (secondary N) is 1. The highest BCUT2D eigenvalue weighted by molar-refractivity contribution is 5.91. The summed E-state index contributed by atoms with van der Waals surface area (Å²) in [5.74, 6) is -0.974. The molecule has 0 bridgehead atoms. The predicted molar refractivity (Wildman–Crippen MR) is 71.3 cm³/mol. The Morgan fingerprint density at radius 2 is 1.94 bits per heavy atom. The van der Waals surface area contributed by atoms with Crippen LogP contribution in [0, 0.1) is 0 Å². The lowest BCUT2D eigenvalue weighted by atomic mass is 10.2. The molecule has 4 heteroatoms. The zero-order chi connectivity index (χ0) is 13.4. The van der Waals surface area contributed by atoms with E-state index in [9.17, 15) is 9.59 Å². The van der Waals surface area contributed by atoms with E-state index < -0.39 is 5.97 Å². The first-order valence-corrected chi connectivity index (χ1v) is 5.92. The van der Waals surface area contributed by atoms with Gasteiger partial charge in [0.1, 0.15) is 0 Å². The van der Waals surface area contributed by atoms with E-state index in [-0.39, 0.29) is 5.91 Å². The van der Waals surface area contributed by atoms with Crippen molar-refractivity contribution in [2.75, 3.05) is 5.32 Å². The van der Waals surface area contributed by atoms with E-state index in [1.54, 1.807) is 24.3 Å². The fraction of sp³-hybridized carbons (Fsp3) is 0.286. The Bertz CT molecular complexity index is 435. The molecule has 1 aromatic rings. The number of hydrogen-bond acceptors (Lipinski definition) is 2. The van der Waals surface area contributed by atoms with Crippen molar-refractivity contribution >= 4 is 23.6 Å². The van der Waals surface area contributed by atoms with Gasteiger partial charge >= 0.3 is 5.97 Å². The first-order chi connectivity index (χ1) is 8.61. The molecule has 0 spiro atoms. The third-order valence-electron chi connectivity index (χ3n) is 2.37. The number of anilines is 1. The van der Waals surface area contributed by atoms with Gasteiger partial charge in [-0.25, -0.2) is 4.79 Å². The van der Waals surface area contributed by atoms with Crippen LogP contribution in [0.1, 0.15) is 31.7 Å². The van der Waals surface area contributed by atoms with E-state index in [2.05, 4.69) is 5.32 Å². The molecule has 0 aliphatic heterocycles. The van der Waals surface area contributed by atoms with Crippen molar-refractivity contribution in [3.63, 3.8) is 0 Å². The molecule has 1 amide bonds. The van der Waals surface area contributed by atoms with Crippen LogP contribution in [0.5, 0.6) is 0 Å². The molecular weight excluding hydrogens is 230 g/mol. The van der Waals surface area contributed by atoms with E-state index in [0.717, 1.165) is 30.2 Å². The fourth-order valence-electron chi connectivity index (χ4n) is 1.41. The molecular formula is C14H17NO3. The van der Waals surface area contributed by atoms with Crippen LogP contribution in [-0.2, 0) is 9.59 Å². The van der Waals surface area contributed by atoms with Gasteiger partial charge in [-0.3, -0.25) is 4.79 Å². The summed E-state index contributed by atoms with van der Waals surface area (Å²) >= 11 is 0. The quantitative estimate of drug-likeness (QED) is 0.759. The smallest absolute Gasteiger partial charge is 0.328 e. The van der Waals surface area contributed by atoms with Gasteiger partial charge in [0, 0.05) is 18.2 Å². The van der Waals surface area contributed by atoms with Crippen LogP contribution in [0.4, 0.5) is 5.69 Å². The molecule has 0 unspecified atom stereocenters. The predicted octanol–water partition coefficient (Wildman–Crippen LogP) is 2.91. The van der Waals surface area contributed by atoms with Crippen LogP contribution in [0.25, 0.3) is 6.08 Å². The number of carboxylic acid groups (broad SMARTS) is 1. The Hall–Kier alpha value is -2.10. The van der Waals surface area contributed by atoms with Crippen molar-refractivity contribution in [2.24, 2.45) is 0 Å². The minimum atomic E-state index is -0.980. The maximum Gasteiger partial charge on any atom is 0.328 e. The highest BCUT2D eigenvalue weighted by atomic mass is 16.4. The van der Waals surface area contributed by atoms with Crippen molar-refractivity contribution in [1.29, 1.82) is 0 Å². The molecule has 4 nitrogen and oxygen atoms in total. The Balaban J connectivity index is 2.55. The summed E-state index contributed by atoms with van der Waals surface area (Å²) in [6.07, 6.45) is 4.98. The number of rotatable bonds is 6. The number of carbonyl (C=O) groups is 2. The molecule has 0 heterocycles. The molecule has 1 rings (SSSR count). The molecule has 18 heavy (non-hydrogen) atoms. The standard InChI is InChI=1S/C14H17NO3/c1-2-3-4-13(16)15-12-8-5-11(6-9-12)7-10-14(17)18/h5-10H,2-4H2,1H3,(H,15,16)(H,17,18). The first kappa shape index (κ1) is 14.0. The van der Waals surface area contributed by atoms with Gasteiger partial charge in [-0.05, 0) is 30.2 Å². The number of aliphatic carboxylic acids is 1. The van der Waals surface area contributed by atoms with E-state index in [4.69, 9.17) is 5.11 Å². The van der Waals surface area contributed by atoms with Crippen LogP contribution < -0.4 is 5.32 Å². The minimum Gasteiger partial charge on any atom is -0.478 e. The van der Waals surface area contributed by atoms with Gasteiger partial charge in [-0.15, -0.1) is 0 Å². The lowest BCUT2D eigenvalue weighted by Crippen LogP contribution is -2.10. The molecule has 2 N–H and O–H groups in total. The molecule has 0 aliphatic rings. The third-order valence-corrected chi connectivity index (χ3v) is 2.37. The average Bonchev–Trinajstić information content (AvgIpc) is 2.35. The maximum absolute atomic E-state index is 11.5. The zero-order valence-electron chi connectivity index (χ0n) is 10.3. The third kappa shape index (κ3) is 5.30. The zero-order valence-corrected chi connectivity index (χ0v) is 10.3. The number of benzene rings is 1. The highest BCUT2D eigenvalue weighted by Crippen LogP contribution is 2.11. The van der Waals surface area contributed by atoms with Crippen molar-refractivity contribution in [3.8, 4) is 0 Å². The summed E-state index contributed by atoms with van der Waals surface area (Å²) in [6, 6.07) is 7.03. The fourth-order valence-corrected chi connectivity index (χ4v) is 1.41. The van der Waals surface area contributed by atoms with Gasteiger partial charge < -0.3 is 10.4 Å². The highest BCUT2D eigenvalue weighted by Gasteiger charge is 2.00. The molecule has 0 aliphatic carbocycles. The second-order valence-corrected chi connectivity index (χ2v) is 3.95. The lowest BCUT2D eigenvalue weighted by Gasteiger charge is -2.04. The van der Waals surface area contributed by atoms with E-state index in [1.807, 2.05) is 6.92 Å². The largest absolute Gasteiger partial charge is 0.478 e. The Morgan fingerprint density at radius 3 is 2.50 bits per heavy atom. The van der Waals surface area contributed by atoms with Crippen molar-refractivity contribution in [3.05, 3.63) is 35.9 Å². The Labute approximate surface area is 106 Å². The van der Waals surface area contributed by atoms with Crippen LogP contribution >= 0.6 is 0 Å². The summed E-state index contributed by atoms with van der Waals surface area (Å²) in [6.45, 7) is 2.04. The maximum atomic E-state index is 11.5. The normalized spacial score (nSPS) is 10.5. The van der Waals surface area contributed by atoms with Gasteiger partial charge in [0.25, 0.3) is 0 Å². The topological polar surface area (TPSA) is 66.4 Å². The van der Waals surface area contributed by atoms with Gasteiger partial charge in [0.15, 0.2) is 0 Å². The van der Waals surface area contributed by atoms with Crippen molar-refractivity contribution in [1.82, 2.24) is 0 Å². The second kappa shape index (κ2) is 7.27. The lowest BCUT2D eigenvalue weighted by molar-refractivity contribution is -0.131. The van der Waals surface area contributed by atoms with Crippen molar-refractivity contribution < 1.29 is 14.7 Å². The molecule has 0 fully saturated rings. The monoisotopic (exact) mass is 247 g/mol. The summed E-state index contributed by atoms with van der Waals surface area (Å²) in [7, 11) is 0. The molecule has 0 saturated heterocycles. The summed E-state index contributed by atoms with van der Waals surface area (Å²) < 4.78 is 0. The molecule has 0 saturated carbocycles. The van der Waals surface area contributed by atoms with Crippen LogP contribution in [0.15, 0.2) is 30.3 Å². The number of carbonyl (C=O) groups excluding carboxylic acids is 1. The van der Waals surface area contributed by atoms with Gasteiger partial charge in [0.2, 0.25) is 5.91 Å². The Morgan fingerprint density at radius 1 is 1.28 bits per heavy atom. The Kier molecular flexibility index (Phi) is 5.64. The van der Waals surface area contributed by atoms with E-state index in [1.165, 1.54) is 6.08 Å². The number of amides is 1. The summed E-state index contributed by atoms with van der Waals surface area (Å²) in [5, 5.41) is 11.3. The SMILES string of the molecule is CCCCC(=O)Nc1ccc(C=CC(=O)O)cc1. The molecule has 1 aromatic carbocycles. The molecule has 0 aromatic heterocycles. The number of hydrogen-bond donors (Lipinski definition) is 2. The van der Waals surface area contributed by atoms with Gasteiger partial charge in [-0.2, -0.15) is 0 Å². The number of unbranched alkanes of at least 4 members (excludes halogenated alkanes) is 1. The molecule has 0 atom stereocenters. The minimum absolute atomic E-state index is 0.00526. The van der Waals surface area contributed by atoms with Crippen LogP contribution in [0.3, 0.4) is 0 Å². The second-order valence-electron chi connectivity index (χ2n) is 3.95.